The van der Waals surface area contributed by atoms with Gasteiger partial charge >= 0.3 is 5.97 Å². The molecule has 70 valence electrons. The van der Waals surface area contributed by atoms with E-state index >= 15 is 0 Å². The molecule has 13 heavy (non-hydrogen) atoms. The van der Waals surface area contributed by atoms with Crippen molar-refractivity contribution < 1.29 is 19.4 Å². The van der Waals surface area contributed by atoms with Gasteiger partial charge in [-0.25, -0.2) is 4.79 Å². The van der Waals surface area contributed by atoms with Gasteiger partial charge in [0.15, 0.2) is 0 Å². The minimum atomic E-state index is -0.961. The van der Waals surface area contributed by atoms with Crippen LogP contribution in [0.25, 0.3) is 0 Å². The van der Waals surface area contributed by atoms with Crippen LogP contribution in [0.3, 0.4) is 0 Å². The molecule has 0 unspecified atom stereocenters. The summed E-state index contributed by atoms with van der Waals surface area (Å²) in [6.45, 7) is 0. The summed E-state index contributed by atoms with van der Waals surface area (Å²) in [4.78, 5) is 13.5. The molecule has 0 fully saturated rings. The van der Waals surface area contributed by atoms with Gasteiger partial charge in [-0.2, -0.15) is 0 Å². The fraction of sp³-hybridized carbons (Fsp3) is 0.125. The third-order valence-electron chi connectivity index (χ3n) is 1.45. The average Bonchev–Trinajstić information content (AvgIpc) is 2.11. The molecule has 0 atom stereocenters. The van der Waals surface area contributed by atoms with Crippen LogP contribution in [-0.4, -0.2) is 11.1 Å². The monoisotopic (exact) mass is 248 g/mol. The molecule has 1 rings (SSSR count). The van der Waals surface area contributed by atoms with Crippen LogP contribution in [-0.2, 0) is 16.2 Å². The molecule has 1 aromatic rings. The lowest BCUT2D eigenvalue weighted by molar-refractivity contribution is -0.182. The molecule has 0 saturated heterocycles. The summed E-state index contributed by atoms with van der Waals surface area (Å²) in [5.74, 6) is -0.894. The van der Waals surface area contributed by atoms with E-state index < -0.39 is 5.97 Å². The van der Waals surface area contributed by atoms with Gasteiger partial charge in [-0.05, 0) is 33.6 Å². The summed E-state index contributed by atoms with van der Waals surface area (Å²) in [5, 5.41) is 9.10. The third kappa shape index (κ3) is 2.69. The number of hydrogen-bond acceptors (Lipinski definition) is 3. The summed E-state index contributed by atoms with van der Waals surface area (Å²) >= 11 is 3.06. The van der Waals surface area contributed by atoms with E-state index in [0.717, 1.165) is 0 Å². The van der Waals surface area contributed by atoms with Crippen LogP contribution >= 0.6 is 15.9 Å². The summed E-state index contributed by atoms with van der Waals surface area (Å²) < 4.78 is 11.8. The Balaban J connectivity index is 2.79. The van der Waals surface area contributed by atoms with Crippen LogP contribution in [0.4, 0.5) is 4.53 Å². The topological polar surface area (TPSA) is 46.5 Å². The number of carbonyl (C=O) groups excluding carboxylic acids is 1. The Bertz CT molecular complexity index is 327. The molecule has 0 aliphatic carbocycles. The predicted molar refractivity (Wildman–Crippen MR) is 46.7 cm³/mol. The normalized spacial score (nSPS) is 9.69. The van der Waals surface area contributed by atoms with Crippen LogP contribution in [0.15, 0.2) is 22.7 Å². The maximum absolute atomic E-state index is 11.3. The van der Waals surface area contributed by atoms with Crippen molar-refractivity contribution in [2.45, 2.75) is 6.42 Å². The van der Waals surface area contributed by atoms with Crippen molar-refractivity contribution in [1.29, 1.82) is 0 Å². The van der Waals surface area contributed by atoms with Crippen LogP contribution in [0.1, 0.15) is 5.56 Å². The van der Waals surface area contributed by atoms with E-state index in [1.807, 2.05) is 0 Å². The summed E-state index contributed by atoms with van der Waals surface area (Å²) in [5.41, 5.74) is 0.562. The number of rotatable bonds is 2. The standard InChI is InChI=1S/C8H6BrFO3/c9-6-3-5(1-2-7(6)11)4-8(12)13-10/h1-3,11H,4H2. The molecular weight excluding hydrogens is 243 g/mol. The number of hydrogen-bond donors (Lipinski definition) is 1. The van der Waals surface area contributed by atoms with Gasteiger partial charge in [-0.15, -0.1) is 0 Å². The maximum Gasteiger partial charge on any atom is 0.353 e. The largest absolute Gasteiger partial charge is 0.507 e. The van der Waals surface area contributed by atoms with Gasteiger partial charge in [0.05, 0.1) is 10.9 Å². The highest BCUT2D eigenvalue weighted by Gasteiger charge is 2.06. The molecule has 0 radical (unpaired) electrons. The first-order valence-corrected chi connectivity index (χ1v) is 4.21. The molecular formula is C8H6BrFO3. The van der Waals surface area contributed by atoms with Crippen LogP contribution < -0.4 is 0 Å². The molecule has 0 aliphatic heterocycles. The van der Waals surface area contributed by atoms with Gasteiger partial charge in [-0.3, -0.25) is 4.94 Å². The smallest absolute Gasteiger partial charge is 0.353 e. The van der Waals surface area contributed by atoms with Crippen molar-refractivity contribution in [3.8, 4) is 5.75 Å². The molecule has 3 nitrogen and oxygen atoms in total. The minimum Gasteiger partial charge on any atom is -0.507 e. The maximum atomic E-state index is 11.3. The summed E-state index contributed by atoms with van der Waals surface area (Å²) in [6.07, 6.45) is -0.157. The van der Waals surface area contributed by atoms with E-state index in [-0.39, 0.29) is 12.2 Å². The van der Waals surface area contributed by atoms with Gasteiger partial charge in [0, 0.05) is 4.53 Å². The van der Waals surface area contributed by atoms with Crippen LogP contribution in [0, 0.1) is 0 Å². The molecule has 0 heterocycles. The van der Waals surface area contributed by atoms with E-state index in [9.17, 15) is 9.32 Å². The first kappa shape index (κ1) is 9.98. The van der Waals surface area contributed by atoms with Crippen molar-refractivity contribution in [2.75, 3.05) is 0 Å². The molecule has 0 bridgehead atoms. The number of benzene rings is 1. The van der Waals surface area contributed by atoms with Gasteiger partial charge in [0.1, 0.15) is 5.75 Å². The molecule has 0 aromatic heterocycles. The molecule has 1 N–H and O–H groups in total. The number of phenolic OH excluding ortho intramolecular Hbond substituents is 1. The molecule has 5 heteroatoms. The second kappa shape index (κ2) is 4.23. The lowest BCUT2D eigenvalue weighted by atomic mass is 10.1. The molecule has 0 saturated carbocycles. The highest BCUT2D eigenvalue weighted by Crippen LogP contribution is 2.24. The highest BCUT2D eigenvalue weighted by atomic mass is 79.9. The second-order valence-electron chi connectivity index (χ2n) is 2.41. The molecule has 0 aliphatic rings. The number of phenols is 1. The summed E-state index contributed by atoms with van der Waals surface area (Å²) in [7, 11) is 0. The lowest BCUT2D eigenvalue weighted by Crippen LogP contribution is -2.01. The van der Waals surface area contributed by atoms with Gasteiger partial charge < -0.3 is 5.11 Å². The Morgan fingerprint density at radius 3 is 2.85 bits per heavy atom. The zero-order valence-electron chi connectivity index (χ0n) is 6.46. The quantitative estimate of drug-likeness (QED) is 0.873. The SMILES string of the molecule is O=C(Cc1ccc(O)c(Br)c1)OF. The Morgan fingerprint density at radius 2 is 2.31 bits per heavy atom. The fourth-order valence-electron chi connectivity index (χ4n) is 0.854. The first-order valence-electron chi connectivity index (χ1n) is 3.42. The zero-order valence-corrected chi connectivity index (χ0v) is 8.04. The minimum absolute atomic E-state index is 0.0670. The predicted octanol–water partition coefficient (Wildman–Crippen LogP) is 2.12. The van der Waals surface area contributed by atoms with Crippen LogP contribution in [0.5, 0.6) is 5.75 Å². The number of aromatic hydroxyl groups is 1. The van der Waals surface area contributed by atoms with Crippen molar-refractivity contribution in [1.82, 2.24) is 0 Å². The Morgan fingerprint density at radius 1 is 1.62 bits per heavy atom. The number of halogens is 2. The average molecular weight is 249 g/mol. The zero-order chi connectivity index (χ0) is 9.84. The van der Waals surface area contributed by atoms with E-state index in [0.29, 0.717) is 10.0 Å². The second-order valence-corrected chi connectivity index (χ2v) is 3.27. The van der Waals surface area contributed by atoms with E-state index in [4.69, 9.17) is 5.11 Å². The van der Waals surface area contributed by atoms with Crippen molar-refractivity contribution in [2.24, 2.45) is 0 Å². The van der Waals surface area contributed by atoms with Crippen molar-refractivity contribution >= 4 is 21.9 Å². The van der Waals surface area contributed by atoms with Gasteiger partial charge in [0.2, 0.25) is 0 Å². The third-order valence-corrected chi connectivity index (χ3v) is 2.08. The van der Waals surface area contributed by atoms with E-state index in [1.54, 1.807) is 0 Å². The Kier molecular flexibility index (Phi) is 3.25. The lowest BCUT2D eigenvalue weighted by Gasteiger charge is -2.00. The van der Waals surface area contributed by atoms with Gasteiger partial charge in [-0.1, -0.05) is 6.07 Å². The summed E-state index contributed by atoms with van der Waals surface area (Å²) in [6, 6.07) is 4.44. The van der Waals surface area contributed by atoms with Crippen molar-refractivity contribution in [3.05, 3.63) is 28.2 Å². The number of carbonyl (C=O) groups is 1. The van der Waals surface area contributed by atoms with Crippen LogP contribution in [0.2, 0.25) is 0 Å². The molecule has 1 aromatic carbocycles. The van der Waals surface area contributed by atoms with E-state index in [2.05, 4.69) is 20.9 Å². The highest BCUT2D eigenvalue weighted by molar-refractivity contribution is 9.10. The fourth-order valence-corrected chi connectivity index (χ4v) is 1.28. The van der Waals surface area contributed by atoms with E-state index in [1.165, 1.54) is 18.2 Å². The molecule has 0 spiro atoms. The molecule has 0 amide bonds. The Hall–Kier alpha value is -1.10. The van der Waals surface area contributed by atoms with Gasteiger partial charge in [0.25, 0.3) is 0 Å². The Labute approximate surface area is 82.2 Å². The first-order chi connectivity index (χ1) is 6.13. The van der Waals surface area contributed by atoms with Crippen molar-refractivity contribution in [3.63, 3.8) is 0 Å².